The molecular weight excluding hydrogens is 348 g/mol. The Morgan fingerprint density at radius 1 is 1.22 bits per heavy atom. The third-order valence-corrected chi connectivity index (χ3v) is 4.92. The van der Waals surface area contributed by atoms with Crippen LogP contribution in [0, 0.1) is 0 Å². The van der Waals surface area contributed by atoms with Crippen LogP contribution in [0.4, 0.5) is 0 Å². The SMILES string of the molecule is COc1ccc([C@H]2OC(c3n[nH]c4c3CCCC4)=NN2C(C)=O)cc1OC. The monoisotopic (exact) mass is 370 g/mol. The maximum Gasteiger partial charge on any atom is 0.262 e. The predicted octanol–water partition coefficient (Wildman–Crippen LogP) is 2.54. The number of aromatic amines is 1. The summed E-state index contributed by atoms with van der Waals surface area (Å²) in [5, 5.41) is 13.2. The quantitative estimate of drug-likeness (QED) is 0.893. The van der Waals surface area contributed by atoms with Gasteiger partial charge in [0.05, 0.1) is 14.2 Å². The molecule has 142 valence electrons. The molecule has 1 N–H and O–H groups in total. The van der Waals surface area contributed by atoms with Crippen molar-refractivity contribution in [3.05, 3.63) is 40.7 Å². The van der Waals surface area contributed by atoms with Gasteiger partial charge >= 0.3 is 0 Å². The van der Waals surface area contributed by atoms with Gasteiger partial charge in [-0.05, 0) is 43.9 Å². The summed E-state index contributed by atoms with van der Waals surface area (Å²) < 4.78 is 16.7. The maximum absolute atomic E-state index is 12.2. The number of rotatable bonds is 4. The molecule has 0 saturated carbocycles. The summed E-state index contributed by atoms with van der Waals surface area (Å²) >= 11 is 0. The molecule has 1 aromatic heterocycles. The molecule has 0 saturated heterocycles. The van der Waals surface area contributed by atoms with E-state index in [1.54, 1.807) is 26.4 Å². The van der Waals surface area contributed by atoms with Crippen LogP contribution in [0.3, 0.4) is 0 Å². The molecule has 0 spiro atoms. The van der Waals surface area contributed by atoms with E-state index >= 15 is 0 Å². The number of methoxy groups -OCH3 is 2. The second kappa shape index (κ2) is 6.94. The Morgan fingerprint density at radius 2 is 2.00 bits per heavy atom. The third kappa shape index (κ3) is 3.01. The number of benzene rings is 1. The average Bonchev–Trinajstić information content (AvgIpc) is 3.31. The fraction of sp³-hybridized carbons (Fsp3) is 0.421. The minimum absolute atomic E-state index is 0.214. The number of H-pyrrole nitrogens is 1. The zero-order valence-corrected chi connectivity index (χ0v) is 15.6. The first kappa shape index (κ1) is 17.4. The number of nitrogens with zero attached hydrogens (tertiary/aromatic N) is 3. The highest BCUT2D eigenvalue weighted by molar-refractivity contribution is 5.96. The molecule has 8 heteroatoms. The van der Waals surface area contributed by atoms with Crippen LogP contribution < -0.4 is 9.47 Å². The zero-order chi connectivity index (χ0) is 19.0. The summed E-state index contributed by atoms with van der Waals surface area (Å²) in [6.45, 7) is 1.46. The maximum atomic E-state index is 12.2. The van der Waals surface area contributed by atoms with Crippen molar-refractivity contribution in [3.8, 4) is 11.5 Å². The van der Waals surface area contributed by atoms with Crippen molar-refractivity contribution in [2.45, 2.75) is 38.8 Å². The highest BCUT2D eigenvalue weighted by atomic mass is 16.5. The van der Waals surface area contributed by atoms with Crippen molar-refractivity contribution in [1.29, 1.82) is 0 Å². The molecule has 0 unspecified atom stereocenters. The van der Waals surface area contributed by atoms with Gasteiger partial charge in [-0.15, -0.1) is 5.10 Å². The van der Waals surface area contributed by atoms with Crippen molar-refractivity contribution < 1.29 is 19.0 Å². The van der Waals surface area contributed by atoms with Crippen LogP contribution in [-0.2, 0) is 22.4 Å². The van der Waals surface area contributed by atoms with Gasteiger partial charge in [-0.25, -0.2) is 0 Å². The highest BCUT2D eigenvalue weighted by Gasteiger charge is 2.36. The smallest absolute Gasteiger partial charge is 0.262 e. The molecule has 0 radical (unpaired) electrons. The number of ether oxygens (including phenoxy) is 3. The number of aryl methyl sites for hydroxylation is 1. The van der Waals surface area contributed by atoms with Gasteiger partial charge in [-0.3, -0.25) is 9.89 Å². The van der Waals surface area contributed by atoms with E-state index in [-0.39, 0.29) is 5.91 Å². The number of carbonyl (C=O) groups is 1. The van der Waals surface area contributed by atoms with E-state index in [1.807, 2.05) is 6.07 Å². The van der Waals surface area contributed by atoms with E-state index in [4.69, 9.17) is 14.2 Å². The minimum Gasteiger partial charge on any atom is -0.493 e. The van der Waals surface area contributed by atoms with E-state index in [0.29, 0.717) is 23.1 Å². The molecule has 0 bridgehead atoms. The lowest BCUT2D eigenvalue weighted by Crippen LogP contribution is -2.25. The Balaban J connectivity index is 1.68. The largest absolute Gasteiger partial charge is 0.493 e. The summed E-state index contributed by atoms with van der Waals surface area (Å²) in [4.78, 5) is 12.2. The third-order valence-electron chi connectivity index (χ3n) is 4.92. The lowest BCUT2D eigenvalue weighted by molar-refractivity contribution is -0.135. The second-order valence-corrected chi connectivity index (χ2v) is 6.59. The van der Waals surface area contributed by atoms with Gasteiger partial charge in [0.25, 0.3) is 5.90 Å². The Hall–Kier alpha value is -3.03. The van der Waals surface area contributed by atoms with E-state index in [9.17, 15) is 4.79 Å². The van der Waals surface area contributed by atoms with Gasteiger partial charge < -0.3 is 14.2 Å². The van der Waals surface area contributed by atoms with Crippen molar-refractivity contribution in [2.75, 3.05) is 14.2 Å². The Labute approximate surface area is 157 Å². The molecule has 2 heterocycles. The molecule has 0 fully saturated rings. The summed E-state index contributed by atoms with van der Waals surface area (Å²) in [5.41, 5.74) is 3.70. The lowest BCUT2D eigenvalue weighted by atomic mass is 9.96. The first-order chi connectivity index (χ1) is 13.1. The van der Waals surface area contributed by atoms with Crippen molar-refractivity contribution in [3.63, 3.8) is 0 Å². The molecular formula is C19H22N4O4. The molecule has 1 atom stereocenters. The number of amides is 1. The van der Waals surface area contributed by atoms with Gasteiger partial charge in [0.2, 0.25) is 12.1 Å². The van der Waals surface area contributed by atoms with E-state index in [1.165, 1.54) is 11.9 Å². The number of hydrazone groups is 1. The van der Waals surface area contributed by atoms with E-state index in [2.05, 4.69) is 15.3 Å². The van der Waals surface area contributed by atoms with E-state index in [0.717, 1.165) is 42.5 Å². The van der Waals surface area contributed by atoms with Crippen molar-refractivity contribution in [1.82, 2.24) is 15.2 Å². The number of hydrogen-bond donors (Lipinski definition) is 1. The number of hydrogen-bond acceptors (Lipinski definition) is 6. The molecule has 2 aromatic rings. The minimum atomic E-state index is -0.673. The Kier molecular flexibility index (Phi) is 4.47. The molecule has 2 aliphatic rings. The van der Waals surface area contributed by atoms with E-state index < -0.39 is 6.23 Å². The highest BCUT2D eigenvalue weighted by Crippen LogP contribution is 2.36. The molecule has 1 amide bonds. The number of aromatic nitrogens is 2. The normalized spacial score (nSPS) is 18.6. The van der Waals surface area contributed by atoms with Crippen LogP contribution in [-0.4, -0.2) is 41.2 Å². The van der Waals surface area contributed by atoms with Crippen LogP contribution in [0.25, 0.3) is 0 Å². The predicted molar refractivity (Wildman–Crippen MR) is 97.7 cm³/mol. The van der Waals surface area contributed by atoms with Crippen LogP contribution >= 0.6 is 0 Å². The molecule has 4 rings (SSSR count). The first-order valence-corrected chi connectivity index (χ1v) is 8.96. The first-order valence-electron chi connectivity index (χ1n) is 8.96. The summed E-state index contributed by atoms with van der Waals surface area (Å²) in [6.07, 6.45) is 3.50. The van der Waals surface area contributed by atoms with Gasteiger partial charge in [-0.1, -0.05) is 0 Å². The summed E-state index contributed by atoms with van der Waals surface area (Å²) in [7, 11) is 3.14. The van der Waals surface area contributed by atoms with Crippen LogP contribution in [0.15, 0.2) is 23.3 Å². The van der Waals surface area contributed by atoms with Gasteiger partial charge in [0.1, 0.15) is 0 Å². The Bertz CT molecular complexity index is 905. The fourth-order valence-corrected chi connectivity index (χ4v) is 3.54. The fourth-order valence-electron chi connectivity index (χ4n) is 3.54. The molecule has 8 nitrogen and oxygen atoms in total. The van der Waals surface area contributed by atoms with Crippen LogP contribution in [0.2, 0.25) is 0 Å². The molecule has 1 aliphatic carbocycles. The second-order valence-electron chi connectivity index (χ2n) is 6.59. The standard InChI is InChI=1S/C19H22N4O4/c1-11(24)23-19(12-8-9-15(25-2)16(10-12)26-3)27-18(22-23)17-13-6-4-5-7-14(13)20-21-17/h8-10,19H,4-7H2,1-3H3,(H,20,21)/t19-/m1/s1. The molecule has 1 aromatic carbocycles. The summed E-state index contributed by atoms with van der Waals surface area (Å²) in [5.74, 6) is 1.32. The molecule has 27 heavy (non-hydrogen) atoms. The molecule has 1 aliphatic heterocycles. The number of carbonyl (C=O) groups excluding carboxylic acids is 1. The van der Waals surface area contributed by atoms with Gasteiger partial charge in [-0.2, -0.15) is 10.1 Å². The zero-order valence-electron chi connectivity index (χ0n) is 15.6. The van der Waals surface area contributed by atoms with Crippen LogP contribution in [0.5, 0.6) is 11.5 Å². The lowest BCUT2D eigenvalue weighted by Gasteiger charge is -2.20. The van der Waals surface area contributed by atoms with Crippen molar-refractivity contribution in [2.24, 2.45) is 5.10 Å². The van der Waals surface area contributed by atoms with Gasteiger partial charge in [0, 0.05) is 23.7 Å². The number of fused-ring (bicyclic) bond motifs is 1. The number of nitrogens with one attached hydrogen (secondary N) is 1. The van der Waals surface area contributed by atoms with Crippen molar-refractivity contribution >= 4 is 11.8 Å². The summed E-state index contributed by atoms with van der Waals surface area (Å²) in [6, 6.07) is 5.41. The topological polar surface area (TPSA) is 89.0 Å². The van der Waals surface area contributed by atoms with Gasteiger partial charge in [0.15, 0.2) is 17.2 Å². The average molecular weight is 370 g/mol. The Morgan fingerprint density at radius 3 is 2.74 bits per heavy atom. The van der Waals surface area contributed by atoms with Crippen LogP contribution in [0.1, 0.15) is 48.5 Å².